The van der Waals surface area contributed by atoms with Crippen LogP contribution in [0, 0.1) is 11.3 Å². The first-order chi connectivity index (χ1) is 27.1. The Kier molecular flexibility index (Phi) is 12.6. The second-order valence-electron chi connectivity index (χ2n) is 14.1. The predicted octanol–water partition coefficient (Wildman–Crippen LogP) is 6.07. The van der Waals surface area contributed by atoms with Crippen molar-refractivity contribution in [3.05, 3.63) is 82.3 Å². The lowest BCUT2D eigenvalue weighted by Crippen LogP contribution is -2.45. The van der Waals surface area contributed by atoms with Crippen LogP contribution in [0.2, 0.25) is 0 Å². The lowest BCUT2D eigenvalue weighted by atomic mass is 9.96. The van der Waals surface area contributed by atoms with E-state index >= 15 is 0 Å². The number of carbonyl (C=O) groups excluding carboxylic acids is 1. The monoisotopic (exact) mass is 871 g/mol. The van der Waals surface area contributed by atoms with Crippen molar-refractivity contribution in [3.63, 3.8) is 0 Å². The van der Waals surface area contributed by atoms with Crippen molar-refractivity contribution < 1.29 is 36.2 Å². The molecule has 0 saturated carbocycles. The predicted molar refractivity (Wildman–Crippen MR) is 209 cm³/mol. The van der Waals surface area contributed by atoms with Crippen molar-refractivity contribution in [2.45, 2.75) is 61.6 Å². The number of halogens is 4. The van der Waals surface area contributed by atoms with Crippen LogP contribution >= 0.6 is 15.9 Å². The molecule has 6 rings (SSSR count). The SMILES string of the molecule is Cn1cc(-c2cnn3c(NCCCCCOc4ccc(S(=O)(=O)C[C@](C)(O)C(=O)Nc5ccc(C#N)c(C(F)(F)F)c5)cc4)c(Br)c([C@@H]4CCCNC4)nc23)cn1. The summed E-state index contributed by atoms with van der Waals surface area (Å²) in [5.74, 6) is -0.775. The molecule has 1 saturated heterocycles. The molecule has 0 aliphatic carbocycles. The lowest BCUT2D eigenvalue weighted by molar-refractivity contribution is -0.137. The smallest absolute Gasteiger partial charge is 0.417 e. The molecule has 0 spiro atoms. The maximum atomic E-state index is 13.3. The van der Waals surface area contributed by atoms with E-state index in [2.05, 4.69) is 42.1 Å². The van der Waals surface area contributed by atoms with Crippen molar-refractivity contribution in [2.75, 3.05) is 42.6 Å². The number of anilines is 2. The number of benzene rings is 2. The third kappa shape index (κ3) is 9.75. The number of aliphatic hydroxyl groups is 1. The molecule has 1 aliphatic rings. The molecule has 4 N–H and O–H groups in total. The quantitative estimate of drug-likeness (QED) is 0.0894. The molecule has 1 amide bonds. The normalized spacial score (nSPS) is 15.9. The summed E-state index contributed by atoms with van der Waals surface area (Å²) in [4.78, 5) is 17.7. The number of aromatic nitrogens is 5. The van der Waals surface area contributed by atoms with E-state index in [-0.39, 0.29) is 16.5 Å². The molecule has 302 valence electrons. The highest BCUT2D eigenvalue weighted by Gasteiger charge is 2.38. The molecule has 1 fully saturated rings. The highest BCUT2D eigenvalue weighted by molar-refractivity contribution is 9.10. The summed E-state index contributed by atoms with van der Waals surface area (Å²) in [5.41, 5.74) is -1.24. The summed E-state index contributed by atoms with van der Waals surface area (Å²) in [6, 6.07) is 9.41. The van der Waals surface area contributed by atoms with E-state index in [0.29, 0.717) is 25.0 Å². The standard InChI is InChI=1S/C38H41BrF3N9O5S/c1-37(53,36(52)48-27-9-8-24(18-43)31(17-27)38(40,41)42)23-57(54,55)29-12-10-28(11-13-29)56-16-5-3-4-15-45-35-32(39)33(25-7-6-14-44-19-25)49-34-30(21-47-51(34)35)26-20-46-50(2)22-26/h8-13,17,20-22,25,44-45,53H,3-7,14-16,19,23H2,1-2H3,(H,48,52)/t25-,37+/m1/s1. The second-order valence-corrected chi connectivity index (χ2v) is 16.8. The number of ether oxygens (including phenoxy) is 1. The Morgan fingerprint density at radius 2 is 1.91 bits per heavy atom. The zero-order valence-electron chi connectivity index (χ0n) is 31.1. The summed E-state index contributed by atoms with van der Waals surface area (Å²) in [6.45, 7) is 3.82. The largest absolute Gasteiger partial charge is 0.494 e. The van der Waals surface area contributed by atoms with Gasteiger partial charge < -0.3 is 25.8 Å². The second kappa shape index (κ2) is 17.2. The minimum Gasteiger partial charge on any atom is -0.494 e. The van der Waals surface area contributed by atoms with E-state index in [1.165, 1.54) is 30.3 Å². The number of alkyl halides is 3. The van der Waals surface area contributed by atoms with E-state index in [1.807, 2.05) is 24.0 Å². The van der Waals surface area contributed by atoms with Gasteiger partial charge in [0.1, 0.15) is 11.6 Å². The highest BCUT2D eigenvalue weighted by Crippen LogP contribution is 2.37. The van der Waals surface area contributed by atoms with E-state index in [4.69, 9.17) is 15.0 Å². The van der Waals surface area contributed by atoms with Gasteiger partial charge in [-0.3, -0.25) is 9.48 Å². The van der Waals surface area contributed by atoms with Crippen LogP contribution in [0.1, 0.15) is 61.8 Å². The molecule has 14 nitrogen and oxygen atoms in total. The number of aryl methyl sites for hydroxylation is 1. The number of nitrogens with zero attached hydrogens (tertiary/aromatic N) is 6. The number of carbonyl (C=O) groups is 1. The number of nitriles is 1. The summed E-state index contributed by atoms with van der Waals surface area (Å²) >= 11 is 3.83. The van der Waals surface area contributed by atoms with Gasteiger partial charge in [0.05, 0.1) is 57.0 Å². The fourth-order valence-corrected chi connectivity index (χ4v) is 8.85. The number of piperidine rings is 1. The molecule has 2 aromatic carbocycles. The van der Waals surface area contributed by atoms with Crippen molar-refractivity contribution >= 4 is 48.8 Å². The maximum absolute atomic E-state index is 13.3. The number of hydrogen-bond acceptors (Lipinski definition) is 11. The molecule has 4 heterocycles. The van der Waals surface area contributed by atoms with E-state index in [0.717, 1.165) is 97.0 Å². The maximum Gasteiger partial charge on any atom is 0.417 e. The first-order valence-corrected chi connectivity index (χ1v) is 20.6. The van der Waals surface area contributed by atoms with Gasteiger partial charge in [-0.05, 0) is 104 Å². The molecule has 0 bridgehead atoms. The van der Waals surface area contributed by atoms with Crippen LogP contribution in [0.15, 0.2) is 70.4 Å². The van der Waals surface area contributed by atoms with Crippen LogP contribution in [-0.4, -0.2) is 81.4 Å². The van der Waals surface area contributed by atoms with Gasteiger partial charge in [0.25, 0.3) is 5.91 Å². The van der Waals surface area contributed by atoms with Crippen LogP contribution in [0.5, 0.6) is 5.75 Å². The Balaban J connectivity index is 1.00. The van der Waals surface area contributed by atoms with Crippen LogP contribution in [-0.2, 0) is 27.9 Å². The molecule has 57 heavy (non-hydrogen) atoms. The average molecular weight is 873 g/mol. The van der Waals surface area contributed by atoms with Gasteiger partial charge >= 0.3 is 6.18 Å². The first-order valence-electron chi connectivity index (χ1n) is 18.2. The molecule has 1 aliphatic heterocycles. The summed E-state index contributed by atoms with van der Waals surface area (Å²) in [5, 5.41) is 37.9. The zero-order chi connectivity index (χ0) is 41.0. The number of unbranched alkanes of at least 4 members (excludes halogenated alkanes) is 2. The van der Waals surface area contributed by atoms with Gasteiger partial charge in [0.2, 0.25) is 0 Å². The number of hydrogen-bond donors (Lipinski definition) is 4. The van der Waals surface area contributed by atoms with E-state index < -0.39 is 44.4 Å². The molecule has 0 unspecified atom stereocenters. The van der Waals surface area contributed by atoms with Crippen molar-refractivity contribution in [3.8, 4) is 22.9 Å². The Labute approximate surface area is 335 Å². The summed E-state index contributed by atoms with van der Waals surface area (Å²) < 4.78 is 76.6. The zero-order valence-corrected chi connectivity index (χ0v) is 33.5. The molecular weight excluding hydrogens is 831 g/mol. The Hall–Kier alpha value is -5.03. The van der Waals surface area contributed by atoms with Crippen molar-refractivity contribution in [1.82, 2.24) is 29.7 Å². The highest BCUT2D eigenvalue weighted by atomic mass is 79.9. The third-order valence-corrected chi connectivity index (χ3v) is 12.3. The molecular formula is C38H41BrF3N9O5S. The van der Waals surface area contributed by atoms with Gasteiger partial charge in [0.15, 0.2) is 21.1 Å². The van der Waals surface area contributed by atoms with Gasteiger partial charge in [-0.1, -0.05) is 0 Å². The van der Waals surface area contributed by atoms with Crippen LogP contribution in [0.25, 0.3) is 16.8 Å². The van der Waals surface area contributed by atoms with Crippen LogP contribution in [0.3, 0.4) is 0 Å². The fraction of sp³-hybridized carbons (Fsp3) is 0.395. The number of sulfone groups is 1. The number of rotatable bonds is 15. The Bertz CT molecular complexity index is 2390. The average Bonchev–Trinajstić information content (AvgIpc) is 3.80. The van der Waals surface area contributed by atoms with Crippen LogP contribution < -0.4 is 20.7 Å². The molecule has 3 aromatic heterocycles. The Morgan fingerprint density at radius 3 is 2.58 bits per heavy atom. The van der Waals surface area contributed by atoms with Gasteiger partial charge in [-0.2, -0.15) is 33.1 Å². The van der Waals surface area contributed by atoms with E-state index in [1.54, 1.807) is 10.9 Å². The third-order valence-electron chi connectivity index (χ3n) is 9.54. The van der Waals surface area contributed by atoms with Gasteiger partial charge in [-0.25, -0.2) is 13.4 Å². The minimum atomic E-state index is -4.87. The lowest BCUT2D eigenvalue weighted by Gasteiger charge is -2.24. The van der Waals surface area contributed by atoms with E-state index in [9.17, 15) is 31.5 Å². The molecule has 2 atom stereocenters. The number of nitrogens with one attached hydrogen (secondary N) is 3. The summed E-state index contributed by atoms with van der Waals surface area (Å²) in [7, 11) is -2.36. The van der Waals surface area contributed by atoms with Crippen LogP contribution in [0.4, 0.5) is 24.7 Å². The Morgan fingerprint density at radius 1 is 1.14 bits per heavy atom. The van der Waals surface area contributed by atoms with Crippen molar-refractivity contribution in [2.24, 2.45) is 7.05 Å². The molecule has 0 radical (unpaired) electrons. The van der Waals surface area contributed by atoms with Crippen molar-refractivity contribution in [1.29, 1.82) is 5.26 Å². The topological polar surface area (TPSA) is 189 Å². The summed E-state index contributed by atoms with van der Waals surface area (Å²) in [6.07, 6.45) is 5.17. The number of amides is 1. The molecule has 5 aromatic rings. The van der Waals surface area contributed by atoms with Gasteiger partial charge in [0, 0.05) is 49.1 Å². The molecule has 19 heteroatoms. The minimum absolute atomic E-state index is 0.184. The first kappa shape index (κ1) is 41.6. The number of fused-ring (bicyclic) bond motifs is 1. The fourth-order valence-electron chi connectivity index (χ4n) is 6.55. The van der Waals surface area contributed by atoms with Gasteiger partial charge in [-0.15, -0.1) is 0 Å².